The lowest BCUT2D eigenvalue weighted by Gasteiger charge is -2.00. The van der Waals surface area contributed by atoms with Crippen molar-refractivity contribution in [1.82, 2.24) is 9.78 Å². The summed E-state index contributed by atoms with van der Waals surface area (Å²) in [7, 11) is 0. The molecule has 0 bridgehead atoms. The molecule has 1 aromatic carbocycles. The third-order valence-corrected chi connectivity index (χ3v) is 1.62. The van der Waals surface area contributed by atoms with Crippen LogP contribution in [-0.4, -0.2) is 14.9 Å². The van der Waals surface area contributed by atoms with Crippen LogP contribution in [0, 0.1) is 12.0 Å². The molecule has 0 aliphatic rings. The summed E-state index contributed by atoms with van der Waals surface area (Å²) in [5, 5.41) is 12.6. The molecule has 0 amide bonds. The van der Waals surface area contributed by atoms with Gasteiger partial charge in [-0.3, -0.25) is 0 Å². The number of hydrogen-bond acceptors (Lipinski definition) is 2. The van der Waals surface area contributed by atoms with Gasteiger partial charge in [0.1, 0.15) is 11.5 Å². The number of benzene rings is 1. The highest BCUT2D eigenvalue weighted by atomic mass is 19.1. The summed E-state index contributed by atoms with van der Waals surface area (Å²) in [6.45, 7) is 0. The minimum atomic E-state index is -0.390. The number of nitrogens with zero attached hydrogens (tertiary/aromatic N) is 2. The lowest BCUT2D eigenvalue weighted by molar-refractivity contribution is 0.474. The molecule has 0 aliphatic carbocycles. The van der Waals surface area contributed by atoms with E-state index in [0.717, 1.165) is 0 Å². The molecule has 0 unspecified atom stereocenters. The zero-order valence-electron chi connectivity index (χ0n) is 6.61. The molecule has 0 aliphatic heterocycles. The first-order valence-corrected chi connectivity index (χ1v) is 3.68. The van der Waals surface area contributed by atoms with E-state index in [4.69, 9.17) is 5.11 Å². The molecule has 0 saturated heterocycles. The first kappa shape index (κ1) is 7.79. The molecule has 1 radical (unpaired) electrons. The van der Waals surface area contributed by atoms with Crippen LogP contribution in [0.3, 0.4) is 0 Å². The van der Waals surface area contributed by atoms with Crippen LogP contribution < -0.4 is 0 Å². The Hall–Kier alpha value is -1.84. The van der Waals surface area contributed by atoms with E-state index in [2.05, 4.69) is 11.3 Å². The van der Waals surface area contributed by atoms with Gasteiger partial charge in [0.2, 0.25) is 0 Å². The largest absolute Gasteiger partial charge is 0.504 e. The highest BCUT2D eigenvalue weighted by Crippen LogP contribution is 2.14. The third-order valence-electron chi connectivity index (χ3n) is 1.62. The number of hydrogen-bond donors (Lipinski definition) is 1. The average molecular weight is 177 g/mol. The van der Waals surface area contributed by atoms with E-state index in [0.29, 0.717) is 5.69 Å². The molecule has 2 rings (SSSR count). The van der Waals surface area contributed by atoms with E-state index in [1.165, 1.54) is 16.9 Å². The Bertz CT molecular complexity index is 425. The maximum absolute atomic E-state index is 13.1. The predicted octanol–water partition coefficient (Wildman–Crippen LogP) is 1.52. The fraction of sp³-hybridized carbons (Fsp3) is 0. The van der Waals surface area contributed by atoms with Gasteiger partial charge in [0.25, 0.3) is 0 Å². The zero-order valence-corrected chi connectivity index (χ0v) is 6.61. The van der Waals surface area contributed by atoms with Crippen LogP contribution in [0.25, 0.3) is 5.69 Å². The summed E-state index contributed by atoms with van der Waals surface area (Å²) in [5.74, 6) is -0.498. The molecule has 2 aromatic rings. The summed E-state index contributed by atoms with van der Waals surface area (Å²) in [6.07, 6.45) is 3.59. The molecule has 3 nitrogen and oxygen atoms in total. The molecular weight excluding hydrogens is 171 g/mol. The van der Waals surface area contributed by atoms with Crippen molar-refractivity contribution >= 4 is 0 Å². The Morgan fingerprint density at radius 3 is 2.77 bits per heavy atom. The van der Waals surface area contributed by atoms with Crippen LogP contribution in [0.1, 0.15) is 0 Å². The maximum atomic E-state index is 13.1. The van der Waals surface area contributed by atoms with Crippen molar-refractivity contribution in [2.45, 2.75) is 0 Å². The van der Waals surface area contributed by atoms with Gasteiger partial charge in [-0.15, -0.1) is 0 Å². The van der Waals surface area contributed by atoms with Gasteiger partial charge in [-0.1, -0.05) is 12.1 Å². The monoisotopic (exact) mass is 177 g/mol. The number of para-hydroxylation sites is 1. The van der Waals surface area contributed by atoms with Crippen LogP contribution >= 0.6 is 0 Å². The lowest BCUT2D eigenvalue weighted by atomic mass is 10.3. The SMILES string of the molecule is Oc1[c]nn(-c2ccccc2F)c1. The second-order valence-electron chi connectivity index (χ2n) is 2.52. The van der Waals surface area contributed by atoms with Gasteiger partial charge in [0.15, 0.2) is 11.9 Å². The Morgan fingerprint density at radius 1 is 1.38 bits per heavy atom. The van der Waals surface area contributed by atoms with Crippen LogP contribution in [-0.2, 0) is 0 Å². The highest BCUT2D eigenvalue weighted by Gasteiger charge is 2.04. The molecular formula is C9H6FN2O. The fourth-order valence-electron chi connectivity index (χ4n) is 1.04. The van der Waals surface area contributed by atoms with Crippen molar-refractivity contribution in [3.63, 3.8) is 0 Å². The smallest absolute Gasteiger partial charge is 0.164 e. The van der Waals surface area contributed by atoms with E-state index in [1.807, 2.05) is 0 Å². The van der Waals surface area contributed by atoms with Gasteiger partial charge in [0, 0.05) is 0 Å². The molecule has 0 fully saturated rings. The van der Waals surface area contributed by atoms with Crippen molar-refractivity contribution in [3.05, 3.63) is 42.5 Å². The van der Waals surface area contributed by atoms with Gasteiger partial charge in [-0.05, 0) is 12.1 Å². The normalized spacial score (nSPS) is 10.2. The van der Waals surface area contributed by atoms with Crippen molar-refractivity contribution in [3.8, 4) is 11.4 Å². The number of aromatic hydroxyl groups is 1. The molecule has 1 N–H and O–H groups in total. The first-order chi connectivity index (χ1) is 6.27. The lowest BCUT2D eigenvalue weighted by Crippen LogP contribution is -1.96. The minimum absolute atomic E-state index is 0.108. The third kappa shape index (κ3) is 1.38. The highest BCUT2D eigenvalue weighted by molar-refractivity contribution is 5.33. The molecule has 4 heteroatoms. The summed E-state index contributed by atoms with van der Waals surface area (Å²) in [4.78, 5) is 0. The molecule has 0 spiro atoms. The predicted molar refractivity (Wildman–Crippen MR) is 44.0 cm³/mol. The Labute approximate surface area is 74.1 Å². The van der Waals surface area contributed by atoms with Crippen molar-refractivity contribution in [2.24, 2.45) is 0 Å². The maximum Gasteiger partial charge on any atom is 0.164 e. The quantitative estimate of drug-likeness (QED) is 0.717. The average Bonchev–Trinajstić information content (AvgIpc) is 2.53. The molecule has 13 heavy (non-hydrogen) atoms. The van der Waals surface area contributed by atoms with E-state index >= 15 is 0 Å². The second kappa shape index (κ2) is 2.90. The standard InChI is InChI=1S/C9H6FN2O/c10-8-3-1-2-4-9(8)12-6-7(13)5-11-12/h1-4,6,13H. The molecule has 1 aromatic heterocycles. The second-order valence-corrected chi connectivity index (χ2v) is 2.52. The van der Waals surface area contributed by atoms with Crippen LogP contribution in [0.5, 0.6) is 5.75 Å². The Morgan fingerprint density at radius 2 is 2.15 bits per heavy atom. The summed E-state index contributed by atoms with van der Waals surface area (Å²) >= 11 is 0. The zero-order chi connectivity index (χ0) is 9.26. The topological polar surface area (TPSA) is 38.1 Å². The van der Waals surface area contributed by atoms with Gasteiger partial charge in [-0.2, -0.15) is 5.10 Å². The minimum Gasteiger partial charge on any atom is -0.504 e. The summed E-state index contributed by atoms with van der Waals surface area (Å²) in [5.41, 5.74) is 0.291. The molecule has 0 atom stereocenters. The fourth-order valence-corrected chi connectivity index (χ4v) is 1.04. The number of halogens is 1. The van der Waals surface area contributed by atoms with Gasteiger partial charge >= 0.3 is 0 Å². The number of rotatable bonds is 1. The molecule has 1 heterocycles. The van der Waals surface area contributed by atoms with E-state index < -0.39 is 0 Å². The van der Waals surface area contributed by atoms with Crippen LogP contribution in [0.4, 0.5) is 4.39 Å². The van der Waals surface area contributed by atoms with Crippen molar-refractivity contribution in [2.75, 3.05) is 0 Å². The van der Waals surface area contributed by atoms with E-state index in [1.54, 1.807) is 18.2 Å². The van der Waals surface area contributed by atoms with E-state index in [9.17, 15) is 4.39 Å². The van der Waals surface area contributed by atoms with Gasteiger partial charge in [-0.25, -0.2) is 9.07 Å². The number of aromatic nitrogens is 2. The van der Waals surface area contributed by atoms with Crippen molar-refractivity contribution in [1.29, 1.82) is 0 Å². The first-order valence-electron chi connectivity index (χ1n) is 3.68. The van der Waals surface area contributed by atoms with Gasteiger partial charge < -0.3 is 5.11 Å². The van der Waals surface area contributed by atoms with Crippen LogP contribution in [0.15, 0.2) is 30.5 Å². The molecule has 0 saturated carbocycles. The van der Waals surface area contributed by atoms with Crippen molar-refractivity contribution < 1.29 is 9.50 Å². The van der Waals surface area contributed by atoms with E-state index in [-0.39, 0.29) is 11.6 Å². The van der Waals surface area contributed by atoms with Crippen LogP contribution in [0.2, 0.25) is 0 Å². The summed E-state index contributed by atoms with van der Waals surface area (Å²) < 4.78 is 14.4. The van der Waals surface area contributed by atoms with Gasteiger partial charge in [0.05, 0.1) is 6.20 Å². The summed E-state index contributed by atoms with van der Waals surface area (Å²) in [6, 6.07) is 6.17. The molecule has 65 valence electrons. The Kier molecular flexibility index (Phi) is 1.73. The Balaban J connectivity index is 2.52.